The first-order valence-corrected chi connectivity index (χ1v) is 9.23. The molecule has 1 atom stereocenters. The molecule has 1 amide bonds. The van der Waals surface area contributed by atoms with Crippen molar-refractivity contribution in [3.63, 3.8) is 0 Å². The SMILES string of the molecule is CCCOCC(=O)N1CCOC(CN(CC(=O)O)S(C)(=O)=O)C1. The molecule has 0 aromatic carbocycles. The fourth-order valence-electron chi connectivity index (χ4n) is 2.15. The van der Waals surface area contributed by atoms with Crippen molar-refractivity contribution in [3.05, 3.63) is 0 Å². The first-order valence-electron chi connectivity index (χ1n) is 7.38. The number of carbonyl (C=O) groups is 2. The van der Waals surface area contributed by atoms with Crippen LogP contribution in [-0.2, 0) is 29.1 Å². The van der Waals surface area contributed by atoms with E-state index in [9.17, 15) is 18.0 Å². The third-order valence-corrected chi connectivity index (χ3v) is 4.47. The van der Waals surface area contributed by atoms with E-state index in [2.05, 4.69) is 0 Å². The molecule has 1 rings (SSSR count). The van der Waals surface area contributed by atoms with Gasteiger partial charge in [-0.05, 0) is 6.42 Å². The van der Waals surface area contributed by atoms with Gasteiger partial charge in [0.15, 0.2) is 0 Å². The molecule has 1 aliphatic heterocycles. The number of morpholine rings is 1. The van der Waals surface area contributed by atoms with Crippen molar-refractivity contribution in [2.45, 2.75) is 19.4 Å². The predicted molar refractivity (Wildman–Crippen MR) is 81.5 cm³/mol. The number of carboxylic acids is 1. The van der Waals surface area contributed by atoms with Gasteiger partial charge in [-0.1, -0.05) is 6.92 Å². The Labute approximate surface area is 136 Å². The number of hydrogen-bond donors (Lipinski definition) is 1. The molecule has 1 heterocycles. The van der Waals surface area contributed by atoms with Crippen molar-refractivity contribution < 1.29 is 32.6 Å². The van der Waals surface area contributed by atoms with Crippen LogP contribution in [0.2, 0.25) is 0 Å². The molecule has 0 spiro atoms. The number of carboxylic acid groups (broad SMARTS) is 1. The van der Waals surface area contributed by atoms with Gasteiger partial charge in [0.2, 0.25) is 15.9 Å². The molecule has 1 N–H and O–H groups in total. The number of nitrogens with zero attached hydrogens (tertiary/aromatic N) is 2. The van der Waals surface area contributed by atoms with Crippen LogP contribution in [0.1, 0.15) is 13.3 Å². The van der Waals surface area contributed by atoms with Gasteiger partial charge >= 0.3 is 5.97 Å². The lowest BCUT2D eigenvalue weighted by Crippen LogP contribution is -2.51. The Hall–Kier alpha value is -1.23. The highest BCUT2D eigenvalue weighted by atomic mass is 32.2. The summed E-state index contributed by atoms with van der Waals surface area (Å²) < 4.78 is 34.8. The van der Waals surface area contributed by atoms with Gasteiger partial charge in [-0.3, -0.25) is 9.59 Å². The minimum Gasteiger partial charge on any atom is -0.480 e. The number of sulfonamides is 1. The molecule has 0 aromatic rings. The lowest BCUT2D eigenvalue weighted by molar-refractivity contribution is -0.145. The van der Waals surface area contributed by atoms with Crippen LogP contribution in [0.15, 0.2) is 0 Å². The highest BCUT2D eigenvalue weighted by Crippen LogP contribution is 2.10. The number of carbonyl (C=O) groups excluding carboxylic acids is 1. The van der Waals surface area contributed by atoms with Gasteiger partial charge in [0.25, 0.3) is 0 Å². The Balaban J connectivity index is 2.59. The van der Waals surface area contributed by atoms with Crippen molar-refractivity contribution in [3.8, 4) is 0 Å². The van der Waals surface area contributed by atoms with Gasteiger partial charge in [-0.15, -0.1) is 0 Å². The summed E-state index contributed by atoms with van der Waals surface area (Å²) in [6.45, 7) is 2.57. The largest absolute Gasteiger partial charge is 0.480 e. The summed E-state index contributed by atoms with van der Waals surface area (Å²) in [5.74, 6) is -1.43. The standard InChI is InChI=1S/C13H24N2O7S/c1-3-5-21-10-12(16)14-4-6-22-11(7-14)8-15(9-13(17)18)23(2,19)20/h11H,3-10H2,1-2H3,(H,17,18). The van der Waals surface area contributed by atoms with Crippen LogP contribution in [-0.4, -0.2) is 93.0 Å². The van der Waals surface area contributed by atoms with E-state index in [-0.39, 0.29) is 32.2 Å². The minimum absolute atomic E-state index is 0.0223. The second-order valence-corrected chi connectivity index (χ2v) is 7.32. The molecule has 1 fully saturated rings. The number of amides is 1. The highest BCUT2D eigenvalue weighted by Gasteiger charge is 2.29. The Morgan fingerprint density at radius 2 is 2.13 bits per heavy atom. The molecule has 10 heteroatoms. The van der Waals surface area contributed by atoms with E-state index in [0.29, 0.717) is 13.2 Å². The van der Waals surface area contributed by atoms with Gasteiger partial charge in [0.05, 0.1) is 19.0 Å². The Bertz CT molecular complexity index is 508. The van der Waals surface area contributed by atoms with Gasteiger partial charge in [-0.2, -0.15) is 4.31 Å². The third kappa shape index (κ3) is 7.25. The molecule has 0 radical (unpaired) electrons. The summed E-state index contributed by atoms with van der Waals surface area (Å²) in [7, 11) is -3.67. The Kier molecular flexibility index (Phi) is 7.89. The van der Waals surface area contributed by atoms with E-state index < -0.39 is 28.6 Å². The topological polar surface area (TPSA) is 113 Å². The van der Waals surface area contributed by atoms with E-state index in [1.54, 1.807) is 4.90 Å². The fraction of sp³-hybridized carbons (Fsp3) is 0.846. The van der Waals surface area contributed by atoms with Crippen LogP contribution in [0.25, 0.3) is 0 Å². The van der Waals surface area contributed by atoms with E-state index in [4.69, 9.17) is 14.6 Å². The van der Waals surface area contributed by atoms with E-state index in [0.717, 1.165) is 17.0 Å². The summed E-state index contributed by atoms with van der Waals surface area (Å²) in [4.78, 5) is 24.3. The Morgan fingerprint density at radius 3 is 2.70 bits per heavy atom. The maximum atomic E-state index is 12.0. The lowest BCUT2D eigenvalue weighted by Gasteiger charge is -2.34. The second kappa shape index (κ2) is 9.16. The minimum atomic E-state index is -3.67. The molecule has 134 valence electrons. The molecular weight excluding hydrogens is 328 g/mol. The van der Waals surface area contributed by atoms with Crippen molar-refractivity contribution >= 4 is 21.9 Å². The monoisotopic (exact) mass is 352 g/mol. The molecule has 1 saturated heterocycles. The lowest BCUT2D eigenvalue weighted by atomic mass is 10.2. The second-order valence-electron chi connectivity index (χ2n) is 5.33. The van der Waals surface area contributed by atoms with Crippen LogP contribution < -0.4 is 0 Å². The van der Waals surface area contributed by atoms with Gasteiger partial charge < -0.3 is 19.5 Å². The average Bonchev–Trinajstić information content (AvgIpc) is 2.45. The molecule has 0 aromatic heterocycles. The van der Waals surface area contributed by atoms with Crippen molar-refractivity contribution in [1.82, 2.24) is 9.21 Å². The molecule has 1 aliphatic rings. The van der Waals surface area contributed by atoms with E-state index in [1.165, 1.54) is 0 Å². The van der Waals surface area contributed by atoms with Crippen LogP contribution in [0.3, 0.4) is 0 Å². The summed E-state index contributed by atoms with van der Waals surface area (Å²) >= 11 is 0. The van der Waals surface area contributed by atoms with Gasteiger partial charge in [0.1, 0.15) is 13.2 Å². The van der Waals surface area contributed by atoms with Crippen LogP contribution in [0.4, 0.5) is 0 Å². The zero-order valence-electron chi connectivity index (χ0n) is 13.4. The van der Waals surface area contributed by atoms with Crippen LogP contribution >= 0.6 is 0 Å². The quantitative estimate of drug-likeness (QED) is 0.529. The van der Waals surface area contributed by atoms with Crippen molar-refractivity contribution in [1.29, 1.82) is 0 Å². The summed E-state index contributed by atoms with van der Waals surface area (Å²) in [6.07, 6.45) is 1.20. The molecule has 23 heavy (non-hydrogen) atoms. The van der Waals surface area contributed by atoms with Gasteiger partial charge in [0, 0.05) is 26.2 Å². The molecule has 9 nitrogen and oxygen atoms in total. The molecule has 0 bridgehead atoms. The molecule has 0 saturated carbocycles. The van der Waals surface area contributed by atoms with E-state index in [1.807, 2.05) is 6.92 Å². The zero-order chi connectivity index (χ0) is 17.5. The van der Waals surface area contributed by atoms with Crippen molar-refractivity contribution in [2.75, 3.05) is 52.3 Å². The number of hydrogen-bond acceptors (Lipinski definition) is 6. The fourth-order valence-corrected chi connectivity index (χ4v) is 2.93. The highest BCUT2D eigenvalue weighted by molar-refractivity contribution is 7.88. The summed E-state index contributed by atoms with van der Waals surface area (Å²) in [5, 5.41) is 8.81. The van der Waals surface area contributed by atoms with Crippen molar-refractivity contribution in [2.24, 2.45) is 0 Å². The van der Waals surface area contributed by atoms with Crippen LogP contribution in [0, 0.1) is 0 Å². The maximum Gasteiger partial charge on any atom is 0.318 e. The first kappa shape index (κ1) is 19.8. The van der Waals surface area contributed by atoms with E-state index >= 15 is 0 Å². The molecular formula is C13H24N2O7S. The summed E-state index contributed by atoms with van der Waals surface area (Å²) in [6, 6.07) is 0. The average molecular weight is 352 g/mol. The first-order chi connectivity index (χ1) is 10.7. The normalized spacial score (nSPS) is 19.1. The number of aliphatic carboxylic acids is 1. The Morgan fingerprint density at radius 1 is 1.43 bits per heavy atom. The number of ether oxygens (including phenoxy) is 2. The number of rotatable bonds is 9. The zero-order valence-corrected chi connectivity index (χ0v) is 14.3. The summed E-state index contributed by atoms with van der Waals surface area (Å²) in [5.41, 5.74) is 0. The third-order valence-electron chi connectivity index (χ3n) is 3.25. The predicted octanol–water partition coefficient (Wildman–Crippen LogP) is -1.01. The molecule has 1 unspecified atom stereocenters. The smallest absolute Gasteiger partial charge is 0.318 e. The van der Waals surface area contributed by atoms with Gasteiger partial charge in [-0.25, -0.2) is 8.42 Å². The maximum absolute atomic E-state index is 12.0. The molecule has 0 aliphatic carbocycles. The van der Waals surface area contributed by atoms with Crippen LogP contribution in [0.5, 0.6) is 0 Å².